The van der Waals surface area contributed by atoms with Crippen molar-refractivity contribution in [3.63, 3.8) is 0 Å². The molecule has 0 fully saturated rings. The predicted octanol–water partition coefficient (Wildman–Crippen LogP) is 5.52. The van der Waals surface area contributed by atoms with Gasteiger partial charge in [-0.3, -0.25) is 0 Å². The minimum absolute atomic E-state index is 0.224. The third kappa shape index (κ3) is 5.18. The maximum absolute atomic E-state index is 13.5. The number of hydrogen-bond acceptors (Lipinski definition) is 3. The molecule has 0 amide bonds. The highest BCUT2D eigenvalue weighted by atomic mass is 32.2. The summed E-state index contributed by atoms with van der Waals surface area (Å²) >= 11 is 0. The molecule has 0 aliphatic carbocycles. The van der Waals surface area contributed by atoms with E-state index in [-0.39, 0.29) is 16.4 Å². The number of hydrogen-bond donors (Lipinski definition) is 0. The van der Waals surface area contributed by atoms with E-state index in [0.29, 0.717) is 5.52 Å². The Hall–Kier alpha value is -3.45. The Morgan fingerprint density at radius 2 is 1.27 bits per heavy atom. The summed E-state index contributed by atoms with van der Waals surface area (Å²) in [4.78, 5) is 0.266. The molecule has 1 unspecified atom stereocenters. The first-order valence-corrected chi connectivity index (χ1v) is 15.5. The maximum atomic E-state index is 13.5. The molecule has 1 aromatic heterocycles. The summed E-state index contributed by atoms with van der Waals surface area (Å²) in [5.74, 6) is 0. The van der Waals surface area contributed by atoms with Gasteiger partial charge in [0.05, 0.1) is 16.5 Å². The molecular weight excluding hydrogens is 494 g/mol. The van der Waals surface area contributed by atoms with Crippen LogP contribution < -0.4 is 10.4 Å². The molecule has 5 aromatic rings. The second-order valence-corrected chi connectivity index (χ2v) is 14.5. The van der Waals surface area contributed by atoms with Crippen LogP contribution in [0, 0.1) is 5.41 Å². The molecule has 0 aliphatic rings. The highest BCUT2D eigenvalue weighted by Crippen LogP contribution is 2.38. The maximum Gasteiger partial charge on any atom is 0.268 e. The first kappa shape index (κ1) is 25.2. The SMILES string of the molecule is CC(C)(C)C(O[SiH](c1ccccc1)c1ccccc1)c1ccc2ccn(S(=O)(=O)c3ccccc3)c2c1. The van der Waals surface area contributed by atoms with Crippen molar-refractivity contribution in [3.8, 4) is 0 Å². The van der Waals surface area contributed by atoms with Gasteiger partial charge in [0.25, 0.3) is 10.0 Å². The van der Waals surface area contributed by atoms with E-state index in [4.69, 9.17) is 4.43 Å². The molecule has 37 heavy (non-hydrogen) atoms. The molecule has 1 heterocycles. The van der Waals surface area contributed by atoms with Crippen LogP contribution in [-0.2, 0) is 14.4 Å². The quantitative estimate of drug-likeness (QED) is 0.263. The lowest BCUT2D eigenvalue weighted by molar-refractivity contribution is 0.0898. The first-order chi connectivity index (χ1) is 17.7. The van der Waals surface area contributed by atoms with E-state index >= 15 is 0 Å². The Balaban J connectivity index is 1.60. The average molecular weight is 526 g/mol. The second-order valence-electron chi connectivity index (χ2n) is 10.3. The summed E-state index contributed by atoms with van der Waals surface area (Å²) in [5, 5.41) is 3.29. The van der Waals surface area contributed by atoms with Gasteiger partial charge < -0.3 is 4.43 Å². The summed E-state index contributed by atoms with van der Waals surface area (Å²) in [6.45, 7) is 6.51. The van der Waals surface area contributed by atoms with Crippen molar-refractivity contribution in [2.45, 2.75) is 31.8 Å². The van der Waals surface area contributed by atoms with Gasteiger partial charge in [0.15, 0.2) is 0 Å². The Kier molecular flexibility index (Phi) is 6.90. The fourth-order valence-electron chi connectivity index (χ4n) is 4.72. The number of nitrogens with zero attached hydrogens (tertiary/aromatic N) is 1. The third-order valence-electron chi connectivity index (χ3n) is 6.55. The smallest absolute Gasteiger partial charge is 0.268 e. The van der Waals surface area contributed by atoms with Gasteiger partial charge in [0.1, 0.15) is 0 Å². The molecule has 0 spiro atoms. The fraction of sp³-hybridized carbons (Fsp3) is 0.161. The van der Waals surface area contributed by atoms with Crippen molar-refractivity contribution < 1.29 is 12.8 Å². The monoisotopic (exact) mass is 525 g/mol. The van der Waals surface area contributed by atoms with Crippen LogP contribution in [0.3, 0.4) is 0 Å². The first-order valence-electron chi connectivity index (χ1n) is 12.4. The lowest BCUT2D eigenvalue weighted by atomic mass is 9.84. The van der Waals surface area contributed by atoms with Gasteiger partial charge in [-0.1, -0.05) is 112 Å². The van der Waals surface area contributed by atoms with E-state index in [1.54, 1.807) is 30.5 Å². The van der Waals surface area contributed by atoms with Crippen LogP contribution in [0.25, 0.3) is 10.9 Å². The number of fused-ring (bicyclic) bond motifs is 1. The molecule has 0 aliphatic heterocycles. The van der Waals surface area contributed by atoms with Crippen LogP contribution >= 0.6 is 0 Å². The predicted molar refractivity (Wildman–Crippen MR) is 154 cm³/mol. The van der Waals surface area contributed by atoms with Gasteiger partial charge in [-0.05, 0) is 45.6 Å². The molecule has 0 N–H and O–H groups in total. The van der Waals surface area contributed by atoms with Crippen LogP contribution in [0.2, 0.25) is 0 Å². The van der Waals surface area contributed by atoms with Crippen molar-refractivity contribution in [3.05, 3.63) is 127 Å². The molecule has 0 saturated heterocycles. The zero-order valence-corrected chi connectivity index (χ0v) is 23.3. The molecule has 188 valence electrons. The molecule has 0 radical (unpaired) electrons. The van der Waals surface area contributed by atoms with Crippen LogP contribution in [-0.4, -0.2) is 21.4 Å². The molecule has 1 atom stereocenters. The summed E-state index contributed by atoms with van der Waals surface area (Å²) in [6.07, 6.45) is 1.40. The molecule has 0 saturated carbocycles. The Bertz CT molecular complexity index is 1550. The second kappa shape index (κ2) is 10.1. The van der Waals surface area contributed by atoms with E-state index in [0.717, 1.165) is 10.9 Å². The van der Waals surface area contributed by atoms with Gasteiger partial charge in [0.2, 0.25) is 9.04 Å². The fourth-order valence-corrected chi connectivity index (χ4v) is 8.77. The average Bonchev–Trinajstić information content (AvgIpc) is 3.34. The number of rotatable bonds is 7. The van der Waals surface area contributed by atoms with Crippen LogP contribution in [0.4, 0.5) is 0 Å². The van der Waals surface area contributed by atoms with E-state index in [2.05, 4.69) is 75.4 Å². The van der Waals surface area contributed by atoms with Crippen molar-refractivity contribution >= 4 is 40.3 Å². The third-order valence-corrected chi connectivity index (χ3v) is 10.8. The Labute approximate surface area is 221 Å². The van der Waals surface area contributed by atoms with Gasteiger partial charge in [-0.25, -0.2) is 12.4 Å². The molecule has 6 heteroatoms. The number of aromatic nitrogens is 1. The van der Waals surface area contributed by atoms with Crippen molar-refractivity contribution in [2.24, 2.45) is 5.41 Å². The lowest BCUT2D eigenvalue weighted by Crippen LogP contribution is -2.47. The van der Waals surface area contributed by atoms with Crippen LogP contribution in [0.15, 0.2) is 126 Å². The van der Waals surface area contributed by atoms with E-state index in [1.807, 2.05) is 36.4 Å². The molecule has 4 nitrogen and oxygen atoms in total. The van der Waals surface area contributed by atoms with Crippen LogP contribution in [0.5, 0.6) is 0 Å². The van der Waals surface area contributed by atoms with Crippen LogP contribution in [0.1, 0.15) is 32.4 Å². The standard InChI is InChI=1S/C31H31NO3SSi/c1-31(2,3)30(35-37(27-15-9-5-10-16-27)28-17-11-6-12-18-28)25-20-19-24-21-22-32(29(24)23-25)36(33,34)26-13-7-4-8-14-26/h4-23,30,37H,1-3H3. The summed E-state index contributed by atoms with van der Waals surface area (Å²) in [5.41, 5.74) is 1.39. The lowest BCUT2D eigenvalue weighted by Gasteiger charge is -2.35. The summed E-state index contributed by atoms with van der Waals surface area (Å²) in [7, 11) is -5.77. The van der Waals surface area contributed by atoms with E-state index in [1.165, 1.54) is 14.3 Å². The minimum Gasteiger partial charge on any atom is -0.403 e. The van der Waals surface area contributed by atoms with Gasteiger partial charge in [-0.15, -0.1) is 0 Å². The number of benzene rings is 4. The zero-order chi connectivity index (χ0) is 26.0. The highest BCUT2D eigenvalue weighted by Gasteiger charge is 2.32. The van der Waals surface area contributed by atoms with Crippen molar-refractivity contribution in [1.82, 2.24) is 3.97 Å². The zero-order valence-electron chi connectivity index (χ0n) is 21.3. The van der Waals surface area contributed by atoms with Gasteiger partial charge in [0, 0.05) is 11.6 Å². The highest BCUT2D eigenvalue weighted by molar-refractivity contribution is 7.90. The van der Waals surface area contributed by atoms with E-state index in [9.17, 15) is 8.42 Å². The van der Waals surface area contributed by atoms with Crippen molar-refractivity contribution in [1.29, 1.82) is 0 Å². The molecule has 4 aromatic carbocycles. The Morgan fingerprint density at radius 1 is 0.730 bits per heavy atom. The summed E-state index contributed by atoms with van der Waals surface area (Å²) < 4.78 is 35.4. The van der Waals surface area contributed by atoms with Gasteiger partial charge in [-0.2, -0.15) is 0 Å². The largest absolute Gasteiger partial charge is 0.403 e. The normalized spacial score (nSPS) is 13.2. The van der Waals surface area contributed by atoms with Crippen molar-refractivity contribution in [2.75, 3.05) is 0 Å². The van der Waals surface area contributed by atoms with E-state index < -0.39 is 19.1 Å². The molecule has 5 rings (SSSR count). The Morgan fingerprint density at radius 3 is 1.81 bits per heavy atom. The minimum atomic E-state index is -3.72. The van der Waals surface area contributed by atoms with Gasteiger partial charge >= 0.3 is 0 Å². The molecular formula is C31H31NO3SSi. The molecule has 0 bridgehead atoms. The topological polar surface area (TPSA) is 48.3 Å². The summed E-state index contributed by atoms with van der Waals surface area (Å²) in [6, 6.07) is 37.3.